The van der Waals surface area contributed by atoms with Crippen LogP contribution in [0.4, 0.5) is 0 Å². The van der Waals surface area contributed by atoms with E-state index in [9.17, 15) is 9.59 Å². The van der Waals surface area contributed by atoms with Gasteiger partial charge in [0.15, 0.2) is 0 Å². The Kier molecular flexibility index (Phi) is 3.14. The molecular weight excluding hydrogens is 254 g/mol. The van der Waals surface area contributed by atoms with E-state index in [1.54, 1.807) is 7.11 Å². The number of imide groups is 1. The van der Waals surface area contributed by atoms with E-state index in [0.717, 1.165) is 22.1 Å². The summed E-state index contributed by atoms with van der Waals surface area (Å²) in [4.78, 5) is 23.1. The normalized spacial score (nSPS) is 16.2. The molecule has 4 nitrogen and oxygen atoms in total. The molecule has 1 aliphatic rings. The number of amides is 2. The minimum absolute atomic E-state index is 0.0629. The highest BCUT2D eigenvalue weighted by molar-refractivity contribution is 6.00. The SMILES string of the molecule is COc1ccc(C2CC(=O)NC(=O)C2)c2ccccc12. The Labute approximate surface area is 116 Å². The predicted molar refractivity (Wildman–Crippen MR) is 75.6 cm³/mol. The molecular formula is C16H15NO3. The van der Waals surface area contributed by atoms with Gasteiger partial charge in [-0.25, -0.2) is 0 Å². The van der Waals surface area contributed by atoms with Gasteiger partial charge >= 0.3 is 0 Å². The van der Waals surface area contributed by atoms with E-state index in [-0.39, 0.29) is 17.7 Å². The van der Waals surface area contributed by atoms with Gasteiger partial charge in [-0.05, 0) is 17.0 Å². The van der Waals surface area contributed by atoms with Gasteiger partial charge in [0.2, 0.25) is 11.8 Å². The molecule has 0 aromatic heterocycles. The summed E-state index contributed by atoms with van der Waals surface area (Å²) in [6, 6.07) is 11.8. The molecule has 0 spiro atoms. The van der Waals surface area contributed by atoms with Crippen molar-refractivity contribution in [3.63, 3.8) is 0 Å². The van der Waals surface area contributed by atoms with Gasteiger partial charge in [0.05, 0.1) is 7.11 Å². The lowest BCUT2D eigenvalue weighted by Crippen LogP contribution is -2.37. The Morgan fingerprint density at radius 2 is 1.65 bits per heavy atom. The Morgan fingerprint density at radius 3 is 2.30 bits per heavy atom. The zero-order chi connectivity index (χ0) is 14.1. The van der Waals surface area contributed by atoms with Crippen molar-refractivity contribution in [2.75, 3.05) is 7.11 Å². The summed E-state index contributed by atoms with van der Waals surface area (Å²) in [5.41, 5.74) is 1.03. The Hall–Kier alpha value is -2.36. The number of piperidine rings is 1. The van der Waals surface area contributed by atoms with Gasteiger partial charge in [-0.15, -0.1) is 0 Å². The molecule has 2 amide bonds. The highest BCUT2D eigenvalue weighted by Crippen LogP contribution is 2.35. The zero-order valence-corrected chi connectivity index (χ0v) is 11.2. The number of carbonyl (C=O) groups is 2. The van der Waals surface area contributed by atoms with Gasteiger partial charge in [-0.2, -0.15) is 0 Å². The van der Waals surface area contributed by atoms with Crippen molar-refractivity contribution in [3.05, 3.63) is 42.0 Å². The van der Waals surface area contributed by atoms with Gasteiger partial charge < -0.3 is 4.74 Å². The van der Waals surface area contributed by atoms with Crippen molar-refractivity contribution in [1.82, 2.24) is 5.32 Å². The molecule has 1 fully saturated rings. The second kappa shape index (κ2) is 4.96. The molecule has 1 saturated heterocycles. The van der Waals surface area contributed by atoms with E-state index in [0.29, 0.717) is 12.8 Å². The van der Waals surface area contributed by atoms with Crippen LogP contribution in [0.25, 0.3) is 10.8 Å². The highest BCUT2D eigenvalue weighted by Gasteiger charge is 2.27. The van der Waals surface area contributed by atoms with Gasteiger partial charge in [0, 0.05) is 24.1 Å². The smallest absolute Gasteiger partial charge is 0.227 e. The highest BCUT2D eigenvalue weighted by atomic mass is 16.5. The number of rotatable bonds is 2. The number of carbonyl (C=O) groups excluding carboxylic acids is 2. The fourth-order valence-corrected chi connectivity index (χ4v) is 2.83. The maximum absolute atomic E-state index is 11.6. The maximum Gasteiger partial charge on any atom is 0.227 e. The van der Waals surface area contributed by atoms with Crippen molar-refractivity contribution < 1.29 is 14.3 Å². The van der Waals surface area contributed by atoms with Gasteiger partial charge in [0.1, 0.15) is 5.75 Å². The molecule has 2 aromatic rings. The molecule has 0 radical (unpaired) electrons. The van der Waals surface area contributed by atoms with E-state index in [2.05, 4.69) is 5.32 Å². The van der Waals surface area contributed by atoms with Crippen LogP contribution >= 0.6 is 0 Å². The number of hydrogen-bond donors (Lipinski definition) is 1. The lowest BCUT2D eigenvalue weighted by Gasteiger charge is -2.23. The predicted octanol–water partition coefficient (Wildman–Crippen LogP) is 2.37. The summed E-state index contributed by atoms with van der Waals surface area (Å²) < 4.78 is 5.37. The topological polar surface area (TPSA) is 55.4 Å². The van der Waals surface area contributed by atoms with Gasteiger partial charge in [0.25, 0.3) is 0 Å². The van der Waals surface area contributed by atoms with Crippen molar-refractivity contribution >= 4 is 22.6 Å². The molecule has 2 aromatic carbocycles. The largest absolute Gasteiger partial charge is 0.496 e. The number of methoxy groups -OCH3 is 1. The summed E-state index contributed by atoms with van der Waals surface area (Å²) in [5, 5.41) is 4.39. The van der Waals surface area contributed by atoms with Crippen LogP contribution in [0.15, 0.2) is 36.4 Å². The molecule has 0 bridgehead atoms. The molecule has 0 unspecified atom stereocenters. The van der Waals surface area contributed by atoms with Crippen LogP contribution in [0.1, 0.15) is 24.3 Å². The first-order chi connectivity index (χ1) is 9.69. The van der Waals surface area contributed by atoms with Crippen LogP contribution in [0.5, 0.6) is 5.75 Å². The van der Waals surface area contributed by atoms with Crippen LogP contribution in [-0.4, -0.2) is 18.9 Å². The molecule has 0 atom stereocenters. The fourth-order valence-electron chi connectivity index (χ4n) is 2.83. The van der Waals surface area contributed by atoms with Crippen molar-refractivity contribution in [1.29, 1.82) is 0 Å². The minimum Gasteiger partial charge on any atom is -0.496 e. The molecule has 4 heteroatoms. The number of nitrogens with one attached hydrogen (secondary N) is 1. The summed E-state index contributed by atoms with van der Waals surface area (Å²) in [5.74, 6) is 0.334. The molecule has 20 heavy (non-hydrogen) atoms. The third kappa shape index (κ3) is 2.13. The van der Waals surface area contributed by atoms with E-state index < -0.39 is 0 Å². The van der Waals surface area contributed by atoms with E-state index >= 15 is 0 Å². The minimum atomic E-state index is -0.203. The lowest BCUT2D eigenvalue weighted by molar-refractivity contribution is -0.133. The number of ether oxygens (including phenoxy) is 1. The summed E-state index contributed by atoms with van der Waals surface area (Å²) >= 11 is 0. The first-order valence-corrected chi connectivity index (χ1v) is 6.57. The van der Waals surface area contributed by atoms with Gasteiger partial charge in [-0.1, -0.05) is 30.3 Å². The van der Waals surface area contributed by atoms with Crippen LogP contribution in [0.3, 0.4) is 0 Å². The molecule has 1 heterocycles. The fraction of sp³-hybridized carbons (Fsp3) is 0.250. The van der Waals surface area contributed by atoms with Crippen molar-refractivity contribution in [2.45, 2.75) is 18.8 Å². The van der Waals surface area contributed by atoms with E-state index in [1.807, 2.05) is 36.4 Å². The van der Waals surface area contributed by atoms with E-state index in [4.69, 9.17) is 4.74 Å². The number of benzene rings is 2. The summed E-state index contributed by atoms with van der Waals surface area (Å²) in [6.07, 6.45) is 0.699. The lowest BCUT2D eigenvalue weighted by atomic mass is 9.86. The van der Waals surface area contributed by atoms with E-state index in [1.165, 1.54) is 0 Å². The third-order valence-corrected chi connectivity index (χ3v) is 3.72. The molecule has 0 saturated carbocycles. The molecule has 0 aliphatic carbocycles. The second-order valence-electron chi connectivity index (χ2n) is 4.98. The average Bonchev–Trinajstić information content (AvgIpc) is 2.45. The summed E-state index contributed by atoms with van der Waals surface area (Å²) in [6.45, 7) is 0. The third-order valence-electron chi connectivity index (χ3n) is 3.72. The van der Waals surface area contributed by atoms with Crippen molar-refractivity contribution in [2.24, 2.45) is 0 Å². The van der Waals surface area contributed by atoms with Crippen LogP contribution < -0.4 is 10.1 Å². The Morgan fingerprint density at radius 1 is 1.00 bits per heavy atom. The van der Waals surface area contributed by atoms with Crippen LogP contribution in [0.2, 0.25) is 0 Å². The summed E-state index contributed by atoms with van der Waals surface area (Å²) in [7, 11) is 1.64. The van der Waals surface area contributed by atoms with Crippen LogP contribution in [0, 0.1) is 0 Å². The maximum atomic E-state index is 11.6. The zero-order valence-electron chi connectivity index (χ0n) is 11.2. The van der Waals surface area contributed by atoms with Crippen LogP contribution in [-0.2, 0) is 9.59 Å². The second-order valence-corrected chi connectivity index (χ2v) is 4.98. The average molecular weight is 269 g/mol. The molecule has 1 aliphatic heterocycles. The first kappa shape index (κ1) is 12.7. The first-order valence-electron chi connectivity index (χ1n) is 6.57. The van der Waals surface area contributed by atoms with Gasteiger partial charge in [-0.3, -0.25) is 14.9 Å². The standard InChI is InChI=1S/C16H15NO3/c1-20-14-7-6-11(12-4-2-3-5-13(12)14)10-8-15(18)17-16(19)9-10/h2-7,10H,8-9H2,1H3,(H,17,18,19). The Balaban J connectivity index is 2.12. The molecule has 1 N–H and O–H groups in total. The monoisotopic (exact) mass is 269 g/mol. The van der Waals surface area contributed by atoms with Crippen molar-refractivity contribution in [3.8, 4) is 5.75 Å². The number of fused-ring (bicyclic) bond motifs is 1. The number of hydrogen-bond acceptors (Lipinski definition) is 3. The quantitative estimate of drug-likeness (QED) is 0.851. The molecule has 102 valence electrons. The Bertz CT molecular complexity index is 677. The molecule has 3 rings (SSSR count).